The highest BCUT2D eigenvalue weighted by Gasteiger charge is 2.32. The molecule has 0 heterocycles. The maximum absolute atomic E-state index is 12.2. The molecule has 0 aliphatic rings. The highest BCUT2D eigenvalue weighted by molar-refractivity contribution is 9.10. The van der Waals surface area contributed by atoms with Crippen molar-refractivity contribution in [2.45, 2.75) is 11.1 Å². The van der Waals surface area contributed by atoms with Crippen molar-refractivity contribution in [2.24, 2.45) is 0 Å². The minimum Gasteiger partial charge on any atom is -0.333 e. The number of nitrogens with zero attached hydrogens (tertiary/aromatic N) is 1. The van der Waals surface area contributed by atoms with E-state index < -0.39 is 27.7 Å². The highest BCUT2D eigenvalue weighted by Crippen LogP contribution is 2.25. The molecule has 20 heavy (non-hydrogen) atoms. The molecule has 112 valence electrons. The molecule has 4 nitrogen and oxygen atoms in total. The molecule has 0 aliphatic heterocycles. The minimum absolute atomic E-state index is 0.167. The SMILES string of the molecule is CN(CC(F)(F)F)C(=O)c1cc(S(=O)(=O)Cl)ccc1Br. The predicted molar refractivity (Wildman–Crippen MR) is 70.2 cm³/mol. The summed E-state index contributed by atoms with van der Waals surface area (Å²) < 4.78 is 59.2. The van der Waals surface area contributed by atoms with Crippen LogP contribution in [0.4, 0.5) is 13.2 Å². The standard InChI is InChI=1S/C10H8BrClF3NO3S/c1-16(5-10(13,14)15)9(17)7-4-6(20(12,18)19)2-3-8(7)11/h2-4H,5H2,1H3. The van der Waals surface area contributed by atoms with Crippen molar-refractivity contribution in [3.8, 4) is 0 Å². The van der Waals surface area contributed by atoms with Gasteiger partial charge in [0.1, 0.15) is 6.54 Å². The number of halogens is 5. The Hall–Kier alpha value is -0.800. The van der Waals surface area contributed by atoms with Crippen molar-refractivity contribution < 1.29 is 26.4 Å². The summed E-state index contributed by atoms with van der Waals surface area (Å²) in [4.78, 5) is 11.9. The Bertz CT molecular complexity index is 633. The van der Waals surface area contributed by atoms with Crippen LogP contribution in [0.5, 0.6) is 0 Å². The zero-order valence-electron chi connectivity index (χ0n) is 9.91. The largest absolute Gasteiger partial charge is 0.406 e. The second-order valence-corrected chi connectivity index (χ2v) is 7.28. The average Bonchev–Trinajstić information content (AvgIpc) is 2.24. The molecule has 0 spiro atoms. The van der Waals surface area contributed by atoms with E-state index in [1.165, 1.54) is 6.07 Å². The first-order valence-electron chi connectivity index (χ1n) is 4.98. The van der Waals surface area contributed by atoms with Gasteiger partial charge in [-0.3, -0.25) is 4.79 Å². The van der Waals surface area contributed by atoms with Gasteiger partial charge in [0.2, 0.25) is 0 Å². The van der Waals surface area contributed by atoms with Crippen LogP contribution in [0.15, 0.2) is 27.6 Å². The van der Waals surface area contributed by atoms with Gasteiger partial charge in [-0.15, -0.1) is 0 Å². The predicted octanol–water partition coefficient (Wildman–Crippen LogP) is 3.01. The molecule has 0 radical (unpaired) electrons. The number of carbonyl (C=O) groups is 1. The second kappa shape index (κ2) is 5.90. The molecule has 1 aromatic rings. The van der Waals surface area contributed by atoms with Crippen LogP contribution in [0.3, 0.4) is 0 Å². The van der Waals surface area contributed by atoms with Crippen LogP contribution < -0.4 is 0 Å². The number of amides is 1. The molecule has 1 amide bonds. The van der Waals surface area contributed by atoms with Gasteiger partial charge in [0.05, 0.1) is 10.5 Å². The number of hydrogen-bond donors (Lipinski definition) is 0. The monoisotopic (exact) mass is 393 g/mol. The van der Waals surface area contributed by atoms with Crippen LogP contribution in [0.2, 0.25) is 0 Å². The van der Waals surface area contributed by atoms with Crippen LogP contribution in [0, 0.1) is 0 Å². The average molecular weight is 395 g/mol. The van der Waals surface area contributed by atoms with Crippen LogP contribution in [-0.2, 0) is 9.05 Å². The molecular weight excluding hydrogens is 387 g/mol. The van der Waals surface area contributed by atoms with E-state index in [4.69, 9.17) is 10.7 Å². The topological polar surface area (TPSA) is 54.5 Å². The number of rotatable bonds is 3. The fraction of sp³-hybridized carbons (Fsp3) is 0.300. The lowest BCUT2D eigenvalue weighted by Crippen LogP contribution is -2.36. The van der Waals surface area contributed by atoms with Gasteiger partial charge >= 0.3 is 6.18 Å². The molecule has 10 heteroatoms. The molecule has 1 aromatic carbocycles. The Balaban J connectivity index is 3.16. The minimum atomic E-state index is -4.55. The molecule has 0 fully saturated rings. The van der Waals surface area contributed by atoms with Crippen LogP contribution in [0.25, 0.3) is 0 Å². The van der Waals surface area contributed by atoms with Gasteiger partial charge in [0.15, 0.2) is 0 Å². The molecule has 0 atom stereocenters. The zero-order chi connectivity index (χ0) is 15.7. The van der Waals surface area contributed by atoms with Gasteiger partial charge in [-0.25, -0.2) is 8.42 Å². The second-order valence-electron chi connectivity index (χ2n) is 3.86. The van der Waals surface area contributed by atoms with Gasteiger partial charge in [-0.05, 0) is 34.1 Å². The van der Waals surface area contributed by atoms with E-state index in [0.29, 0.717) is 4.90 Å². The highest BCUT2D eigenvalue weighted by atomic mass is 79.9. The summed E-state index contributed by atoms with van der Waals surface area (Å²) in [5.41, 5.74) is -0.224. The van der Waals surface area contributed by atoms with Crippen molar-refractivity contribution in [2.75, 3.05) is 13.6 Å². The number of alkyl halides is 3. The third-order valence-electron chi connectivity index (χ3n) is 2.21. The first-order chi connectivity index (χ1) is 8.92. The van der Waals surface area contributed by atoms with Gasteiger partial charge in [0.25, 0.3) is 15.0 Å². The molecule has 0 saturated heterocycles. The van der Waals surface area contributed by atoms with Crippen molar-refractivity contribution in [1.29, 1.82) is 0 Å². The number of hydrogen-bond acceptors (Lipinski definition) is 3. The van der Waals surface area contributed by atoms with E-state index in [0.717, 1.165) is 19.2 Å². The quantitative estimate of drug-likeness (QED) is 0.741. The van der Waals surface area contributed by atoms with E-state index in [1.54, 1.807) is 0 Å². The van der Waals surface area contributed by atoms with E-state index in [2.05, 4.69) is 15.9 Å². The lowest BCUT2D eigenvalue weighted by atomic mass is 10.2. The summed E-state index contributed by atoms with van der Waals surface area (Å²) >= 11 is 2.98. The van der Waals surface area contributed by atoms with Gasteiger partial charge in [-0.2, -0.15) is 13.2 Å². The van der Waals surface area contributed by atoms with Crippen molar-refractivity contribution >= 4 is 41.6 Å². The molecule has 0 saturated carbocycles. The molecule has 0 aromatic heterocycles. The van der Waals surface area contributed by atoms with Crippen molar-refractivity contribution in [3.05, 3.63) is 28.2 Å². The Morgan fingerprint density at radius 1 is 1.40 bits per heavy atom. The Kier molecular flexibility index (Phi) is 5.09. The molecule has 0 aliphatic carbocycles. The Morgan fingerprint density at radius 2 is 1.95 bits per heavy atom. The normalized spacial score (nSPS) is 12.3. The third-order valence-corrected chi connectivity index (χ3v) is 4.26. The Labute approximate surface area is 126 Å². The van der Waals surface area contributed by atoms with Crippen molar-refractivity contribution in [1.82, 2.24) is 4.90 Å². The van der Waals surface area contributed by atoms with E-state index in [1.807, 2.05) is 0 Å². The molecular formula is C10H8BrClF3NO3S. The fourth-order valence-corrected chi connectivity index (χ4v) is 2.56. The van der Waals surface area contributed by atoms with Crippen LogP contribution >= 0.6 is 26.6 Å². The van der Waals surface area contributed by atoms with Gasteiger partial charge in [0, 0.05) is 22.2 Å². The smallest absolute Gasteiger partial charge is 0.333 e. The summed E-state index contributed by atoms with van der Waals surface area (Å²) in [6.45, 7) is -1.45. The van der Waals surface area contributed by atoms with Gasteiger partial charge in [-0.1, -0.05) is 0 Å². The third kappa shape index (κ3) is 4.64. The van der Waals surface area contributed by atoms with E-state index >= 15 is 0 Å². The van der Waals surface area contributed by atoms with Crippen molar-refractivity contribution in [3.63, 3.8) is 0 Å². The summed E-state index contributed by atoms with van der Waals surface area (Å²) in [5, 5.41) is 0. The van der Waals surface area contributed by atoms with Gasteiger partial charge < -0.3 is 4.90 Å². The van der Waals surface area contributed by atoms with Crippen LogP contribution in [-0.4, -0.2) is 39.0 Å². The van der Waals surface area contributed by atoms with E-state index in [9.17, 15) is 26.4 Å². The maximum Gasteiger partial charge on any atom is 0.406 e. The lowest BCUT2D eigenvalue weighted by Gasteiger charge is -2.19. The molecule has 0 N–H and O–H groups in total. The zero-order valence-corrected chi connectivity index (χ0v) is 13.1. The fourth-order valence-electron chi connectivity index (χ4n) is 1.37. The summed E-state index contributed by atoms with van der Waals surface area (Å²) in [6, 6.07) is 3.28. The molecule has 0 unspecified atom stereocenters. The lowest BCUT2D eigenvalue weighted by molar-refractivity contribution is -0.138. The summed E-state index contributed by atoms with van der Waals surface area (Å²) in [7, 11) is 2.01. The van der Waals surface area contributed by atoms with E-state index in [-0.39, 0.29) is 14.9 Å². The summed E-state index contributed by atoms with van der Waals surface area (Å²) in [5.74, 6) is -0.976. The maximum atomic E-state index is 12.2. The summed E-state index contributed by atoms with van der Waals surface area (Å²) in [6.07, 6.45) is -4.55. The molecule has 1 rings (SSSR count). The first-order valence-corrected chi connectivity index (χ1v) is 8.08. The number of carbonyl (C=O) groups excluding carboxylic acids is 1. The molecule has 0 bridgehead atoms. The van der Waals surface area contributed by atoms with Crippen LogP contribution in [0.1, 0.15) is 10.4 Å². The number of benzene rings is 1. The Morgan fingerprint density at radius 3 is 2.40 bits per heavy atom. The first kappa shape index (κ1) is 17.3.